The van der Waals surface area contributed by atoms with Crippen molar-refractivity contribution in [3.8, 4) is 17.1 Å². The van der Waals surface area contributed by atoms with Gasteiger partial charge in [0.15, 0.2) is 11.0 Å². The number of rotatable bonds is 8. The van der Waals surface area contributed by atoms with Gasteiger partial charge in [0.05, 0.1) is 17.7 Å². The van der Waals surface area contributed by atoms with Gasteiger partial charge >= 0.3 is 6.36 Å². The van der Waals surface area contributed by atoms with Crippen LogP contribution in [0.25, 0.3) is 11.4 Å². The molecule has 2 amide bonds. The summed E-state index contributed by atoms with van der Waals surface area (Å²) in [5.41, 5.74) is 4.47. The van der Waals surface area contributed by atoms with E-state index in [0.717, 1.165) is 34.5 Å². The van der Waals surface area contributed by atoms with E-state index in [-0.39, 0.29) is 29.1 Å². The number of nitrogens with one attached hydrogen (secondary N) is 1. The summed E-state index contributed by atoms with van der Waals surface area (Å²) in [5.74, 6) is -0.0406. The second-order valence-corrected chi connectivity index (χ2v) is 11.3. The molecule has 3 aromatic carbocycles. The molecule has 14 heteroatoms. The Morgan fingerprint density at radius 2 is 1.80 bits per heavy atom. The van der Waals surface area contributed by atoms with Crippen molar-refractivity contribution in [1.29, 1.82) is 0 Å². The highest BCUT2D eigenvalue weighted by atomic mass is 32.2. The molecule has 0 bridgehead atoms. The van der Waals surface area contributed by atoms with Crippen molar-refractivity contribution in [1.82, 2.24) is 14.8 Å². The van der Waals surface area contributed by atoms with Crippen LogP contribution in [0.5, 0.6) is 5.75 Å². The molecular weight excluding hydrogens is 607 g/mol. The van der Waals surface area contributed by atoms with Gasteiger partial charge in [-0.1, -0.05) is 62.0 Å². The zero-order valence-corrected chi connectivity index (χ0v) is 25.5. The standard InChI is InChI=1S/C31H28F3N7O3S/c1-18(2)24-14-5-19(3)15-25(24)41-26(42)17-45-30(41)38-35-16-20-6-8-21(9-7-20)27-36-29(40(4)39-27)37-28(43)22-10-12-23(13-11-22)44-31(32,33)34/h5-16,18H,17H2,1-4H3,(H,36,37,39,43)/b35-16+,38-30-. The Labute approximate surface area is 261 Å². The first-order chi connectivity index (χ1) is 21.4. The van der Waals surface area contributed by atoms with Crippen LogP contribution >= 0.6 is 11.8 Å². The zero-order chi connectivity index (χ0) is 32.3. The fraction of sp³-hybridized carbons (Fsp3) is 0.226. The molecule has 1 fully saturated rings. The van der Waals surface area contributed by atoms with Gasteiger partial charge in [0.1, 0.15) is 5.75 Å². The average molecular weight is 636 g/mol. The summed E-state index contributed by atoms with van der Waals surface area (Å²) in [4.78, 5) is 31.4. The highest BCUT2D eigenvalue weighted by Gasteiger charge is 2.32. The highest BCUT2D eigenvalue weighted by Crippen LogP contribution is 2.34. The summed E-state index contributed by atoms with van der Waals surface area (Å²) in [5, 5.41) is 16.1. The number of ether oxygens (including phenoxy) is 1. The first-order valence-corrected chi connectivity index (χ1v) is 14.7. The SMILES string of the molecule is Cc1ccc(C(C)C)c(N2C(=O)CS/C2=N\N=C\c2ccc(-c3nc(NC(=O)c4ccc(OC(F)(F)F)cc4)n(C)n3)cc2)c1. The second kappa shape index (κ2) is 12.9. The molecule has 45 heavy (non-hydrogen) atoms. The van der Waals surface area contributed by atoms with Crippen molar-refractivity contribution >= 4 is 46.6 Å². The molecule has 1 N–H and O–H groups in total. The first-order valence-electron chi connectivity index (χ1n) is 13.7. The summed E-state index contributed by atoms with van der Waals surface area (Å²) in [6.07, 6.45) is -3.24. The quantitative estimate of drug-likeness (QED) is 0.174. The van der Waals surface area contributed by atoms with Gasteiger partial charge < -0.3 is 4.74 Å². The van der Waals surface area contributed by atoms with E-state index in [1.54, 1.807) is 42.4 Å². The lowest BCUT2D eigenvalue weighted by molar-refractivity contribution is -0.274. The summed E-state index contributed by atoms with van der Waals surface area (Å²) >= 11 is 1.34. The molecule has 0 unspecified atom stereocenters. The summed E-state index contributed by atoms with van der Waals surface area (Å²) in [6.45, 7) is 6.15. The van der Waals surface area contributed by atoms with E-state index in [0.29, 0.717) is 16.6 Å². The van der Waals surface area contributed by atoms with Crippen LogP contribution in [0.4, 0.5) is 24.8 Å². The monoisotopic (exact) mass is 635 g/mol. The number of benzene rings is 3. The normalized spacial score (nSPS) is 14.6. The number of alkyl halides is 3. The smallest absolute Gasteiger partial charge is 0.406 e. The molecule has 0 saturated carbocycles. The number of nitrogens with zero attached hydrogens (tertiary/aromatic N) is 6. The molecule has 10 nitrogen and oxygen atoms in total. The van der Waals surface area contributed by atoms with E-state index in [1.807, 2.05) is 25.1 Å². The summed E-state index contributed by atoms with van der Waals surface area (Å²) < 4.78 is 42.4. The number of hydrogen-bond donors (Lipinski definition) is 1. The molecule has 1 aliphatic rings. The minimum atomic E-state index is -4.82. The first kappa shape index (κ1) is 31.4. The maximum Gasteiger partial charge on any atom is 0.573 e. The molecule has 1 aliphatic heterocycles. The molecule has 1 saturated heterocycles. The van der Waals surface area contributed by atoms with Gasteiger partial charge in [0.2, 0.25) is 11.9 Å². The van der Waals surface area contributed by atoms with E-state index in [4.69, 9.17) is 0 Å². The number of aryl methyl sites for hydroxylation is 2. The lowest BCUT2D eigenvalue weighted by Gasteiger charge is -2.21. The van der Waals surface area contributed by atoms with Gasteiger partial charge in [-0.25, -0.2) is 4.68 Å². The van der Waals surface area contributed by atoms with Crippen LogP contribution < -0.4 is 15.0 Å². The van der Waals surface area contributed by atoms with Gasteiger partial charge in [0.25, 0.3) is 5.91 Å². The molecule has 5 rings (SSSR count). The summed E-state index contributed by atoms with van der Waals surface area (Å²) in [7, 11) is 1.60. The van der Waals surface area contributed by atoms with Crippen LogP contribution in [-0.2, 0) is 11.8 Å². The molecular formula is C31H28F3N7O3S. The van der Waals surface area contributed by atoms with E-state index >= 15 is 0 Å². The third kappa shape index (κ3) is 7.58. The van der Waals surface area contributed by atoms with E-state index in [9.17, 15) is 22.8 Å². The Morgan fingerprint density at radius 1 is 1.09 bits per heavy atom. The number of hydrogen-bond acceptors (Lipinski definition) is 8. The minimum absolute atomic E-state index is 0.0438. The van der Waals surface area contributed by atoms with Gasteiger partial charge in [-0.2, -0.15) is 10.1 Å². The van der Waals surface area contributed by atoms with Gasteiger partial charge in [-0.15, -0.1) is 23.4 Å². The topological polar surface area (TPSA) is 114 Å². The predicted molar refractivity (Wildman–Crippen MR) is 168 cm³/mol. The molecule has 0 spiro atoms. The van der Waals surface area contributed by atoms with Crippen LogP contribution in [-0.4, -0.2) is 50.1 Å². The zero-order valence-electron chi connectivity index (χ0n) is 24.7. The number of aromatic nitrogens is 3. The maximum absolute atomic E-state index is 12.8. The predicted octanol–water partition coefficient (Wildman–Crippen LogP) is 6.53. The average Bonchev–Trinajstić information content (AvgIpc) is 3.54. The van der Waals surface area contributed by atoms with E-state index in [2.05, 4.69) is 44.2 Å². The number of amides is 2. The van der Waals surface area contributed by atoms with Crippen LogP contribution in [0.2, 0.25) is 0 Å². The number of halogens is 3. The Balaban J connectivity index is 1.26. The second-order valence-electron chi connectivity index (χ2n) is 10.4. The van der Waals surface area contributed by atoms with Crippen LogP contribution in [0.15, 0.2) is 76.9 Å². The molecule has 0 atom stereocenters. The van der Waals surface area contributed by atoms with E-state index < -0.39 is 18.0 Å². The Kier molecular flexibility index (Phi) is 9.04. The maximum atomic E-state index is 12.8. The Morgan fingerprint density at radius 3 is 2.47 bits per heavy atom. The minimum Gasteiger partial charge on any atom is -0.406 e. The van der Waals surface area contributed by atoms with E-state index in [1.165, 1.54) is 28.6 Å². The highest BCUT2D eigenvalue weighted by molar-refractivity contribution is 8.15. The fourth-order valence-electron chi connectivity index (χ4n) is 4.47. The molecule has 0 radical (unpaired) electrons. The summed E-state index contributed by atoms with van der Waals surface area (Å²) in [6, 6.07) is 17.8. The van der Waals surface area contributed by atoms with Crippen LogP contribution in [0.3, 0.4) is 0 Å². The van der Waals surface area contributed by atoms with Gasteiger partial charge in [0, 0.05) is 18.2 Å². The Bertz CT molecular complexity index is 1780. The molecule has 1 aromatic heterocycles. The molecule has 232 valence electrons. The lowest BCUT2D eigenvalue weighted by Crippen LogP contribution is -2.30. The van der Waals surface area contributed by atoms with Gasteiger partial charge in [-0.05, 0) is 59.9 Å². The van der Waals surface area contributed by atoms with Crippen molar-refractivity contribution in [2.75, 3.05) is 16.0 Å². The molecule has 0 aliphatic carbocycles. The number of carbonyl (C=O) groups excluding carboxylic acids is 2. The van der Waals surface area contributed by atoms with Crippen molar-refractivity contribution in [3.63, 3.8) is 0 Å². The Hall–Kier alpha value is -4.98. The number of amidine groups is 1. The molecule has 4 aromatic rings. The largest absolute Gasteiger partial charge is 0.573 e. The third-order valence-electron chi connectivity index (χ3n) is 6.67. The third-order valence-corrected chi connectivity index (χ3v) is 7.59. The van der Waals surface area contributed by atoms with Crippen molar-refractivity contribution in [3.05, 3.63) is 89.0 Å². The lowest BCUT2D eigenvalue weighted by atomic mass is 9.99. The van der Waals surface area contributed by atoms with Crippen molar-refractivity contribution in [2.24, 2.45) is 17.3 Å². The number of thioether (sulfide) groups is 1. The van der Waals surface area contributed by atoms with Crippen molar-refractivity contribution in [2.45, 2.75) is 33.1 Å². The fourth-order valence-corrected chi connectivity index (χ4v) is 5.28. The number of anilines is 2. The van der Waals surface area contributed by atoms with Crippen LogP contribution in [0.1, 0.15) is 46.8 Å². The van der Waals surface area contributed by atoms with Crippen LogP contribution in [0, 0.1) is 6.92 Å². The van der Waals surface area contributed by atoms with Gasteiger partial charge in [-0.3, -0.25) is 19.8 Å². The number of carbonyl (C=O) groups is 2. The van der Waals surface area contributed by atoms with Crippen molar-refractivity contribution < 1.29 is 27.5 Å². The molecule has 2 heterocycles.